The average molecular weight is 249 g/mol. The molecule has 1 aliphatic heterocycles. The fourth-order valence-electron chi connectivity index (χ4n) is 2.22. The van der Waals surface area contributed by atoms with Crippen LogP contribution in [0.2, 0.25) is 0 Å². The topological polar surface area (TPSA) is 45.6 Å². The van der Waals surface area contributed by atoms with Crippen LogP contribution >= 0.6 is 0 Å². The zero-order chi connectivity index (χ0) is 13.1. The van der Waals surface area contributed by atoms with Gasteiger partial charge in [-0.2, -0.15) is 0 Å². The highest BCUT2D eigenvalue weighted by Crippen LogP contribution is 2.07. The highest BCUT2D eigenvalue weighted by Gasteiger charge is 2.22. The van der Waals surface area contributed by atoms with Gasteiger partial charge in [-0.1, -0.05) is 0 Å². The number of hydrogen-bond donors (Lipinski definition) is 0. The Kier molecular flexibility index (Phi) is 3.69. The van der Waals surface area contributed by atoms with Crippen molar-refractivity contribution in [1.82, 2.24) is 14.4 Å². The second kappa shape index (κ2) is 5.25. The fraction of sp³-hybridized carbons (Fsp3) is 0.538. The molecule has 2 rings (SSSR count). The summed E-state index contributed by atoms with van der Waals surface area (Å²) in [5, 5.41) is 0. The largest absolute Gasteiger partial charge is 0.357 e. The van der Waals surface area contributed by atoms with Crippen LogP contribution in [0.4, 0.5) is 0 Å². The van der Waals surface area contributed by atoms with Crippen LogP contribution in [0.25, 0.3) is 0 Å². The number of aromatic nitrogens is 1. The van der Waals surface area contributed by atoms with Gasteiger partial charge >= 0.3 is 0 Å². The Balaban J connectivity index is 1.86. The lowest BCUT2D eigenvalue weighted by Crippen LogP contribution is -2.50. The van der Waals surface area contributed by atoms with Gasteiger partial charge < -0.3 is 14.4 Å². The summed E-state index contributed by atoms with van der Waals surface area (Å²) in [6.07, 6.45) is 4.35. The lowest BCUT2D eigenvalue weighted by atomic mass is 10.2. The van der Waals surface area contributed by atoms with Gasteiger partial charge in [0.25, 0.3) is 0 Å². The maximum atomic E-state index is 12.1. The zero-order valence-corrected chi connectivity index (χ0v) is 10.9. The molecular weight excluding hydrogens is 230 g/mol. The quantitative estimate of drug-likeness (QED) is 0.754. The van der Waals surface area contributed by atoms with Crippen LogP contribution in [-0.4, -0.2) is 52.4 Å². The molecule has 98 valence electrons. The van der Waals surface area contributed by atoms with Gasteiger partial charge in [0, 0.05) is 52.5 Å². The van der Waals surface area contributed by atoms with Crippen LogP contribution in [0.1, 0.15) is 12.5 Å². The number of carbonyl (C=O) groups excluding carboxylic acids is 2. The number of carbonyl (C=O) groups is 2. The SMILES string of the molecule is CC(=O)N1CCN(C(=O)Cc2ccn(C)c2)CC1. The number of rotatable bonds is 2. The van der Waals surface area contributed by atoms with E-state index in [0.717, 1.165) is 5.56 Å². The molecule has 0 aliphatic carbocycles. The average Bonchev–Trinajstić information content (AvgIpc) is 2.75. The summed E-state index contributed by atoms with van der Waals surface area (Å²) in [7, 11) is 1.94. The van der Waals surface area contributed by atoms with Crippen molar-refractivity contribution in [1.29, 1.82) is 0 Å². The van der Waals surface area contributed by atoms with Gasteiger partial charge in [0.1, 0.15) is 0 Å². The van der Waals surface area contributed by atoms with Gasteiger partial charge in [0.15, 0.2) is 0 Å². The van der Waals surface area contributed by atoms with Crippen molar-refractivity contribution in [3.8, 4) is 0 Å². The molecule has 18 heavy (non-hydrogen) atoms. The molecule has 1 saturated heterocycles. The van der Waals surface area contributed by atoms with Crippen LogP contribution < -0.4 is 0 Å². The molecule has 2 amide bonds. The molecular formula is C13H19N3O2. The highest BCUT2D eigenvalue weighted by molar-refractivity contribution is 5.79. The Hall–Kier alpha value is -1.78. The first-order valence-corrected chi connectivity index (χ1v) is 6.20. The molecule has 0 unspecified atom stereocenters. The summed E-state index contributed by atoms with van der Waals surface area (Å²) in [5.41, 5.74) is 1.04. The lowest BCUT2D eigenvalue weighted by Gasteiger charge is -2.34. The van der Waals surface area contributed by atoms with Crippen molar-refractivity contribution < 1.29 is 9.59 Å². The first-order chi connectivity index (χ1) is 8.56. The van der Waals surface area contributed by atoms with E-state index < -0.39 is 0 Å². The molecule has 0 atom stereocenters. The van der Waals surface area contributed by atoms with Crippen molar-refractivity contribution in [3.05, 3.63) is 24.0 Å². The minimum absolute atomic E-state index is 0.0881. The van der Waals surface area contributed by atoms with Gasteiger partial charge in [0.2, 0.25) is 11.8 Å². The third-order valence-electron chi connectivity index (χ3n) is 3.33. The van der Waals surface area contributed by atoms with Gasteiger partial charge in [-0.3, -0.25) is 9.59 Å². The molecule has 1 aromatic rings. The molecule has 1 aliphatic rings. The molecule has 0 spiro atoms. The number of aryl methyl sites for hydroxylation is 1. The summed E-state index contributed by atoms with van der Waals surface area (Å²) in [5.74, 6) is 0.231. The first kappa shape index (κ1) is 12.7. The van der Waals surface area contributed by atoms with Crippen molar-refractivity contribution in [3.63, 3.8) is 0 Å². The molecule has 1 fully saturated rings. The van der Waals surface area contributed by atoms with Gasteiger partial charge in [-0.25, -0.2) is 0 Å². The van der Waals surface area contributed by atoms with E-state index in [0.29, 0.717) is 32.6 Å². The maximum Gasteiger partial charge on any atom is 0.227 e. The summed E-state index contributed by atoms with van der Waals surface area (Å²) in [6, 6.07) is 1.96. The second-order valence-corrected chi connectivity index (χ2v) is 4.75. The molecule has 0 aromatic carbocycles. The number of amides is 2. The number of piperazine rings is 1. The van der Waals surface area contributed by atoms with Crippen molar-refractivity contribution in [2.45, 2.75) is 13.3 Å². The van der Waals surface area contributed by atoms with E-state index in [4.69, 9.17) is 0 Å². The Labute approximate surface area is 107 Å². The van der Waals surface area contributed by atoms with Crippen LogP contribution in [0.3, 0.4) is 0 Å². The van der Waals surface area contributed by atoms with Crippen LogP contribution in [-0.2, 0) is 23.1 Å². The van der Waals surface area contributed by atoms with E-state index in [1.165, 1.54) is 0 Å². The predicted molar refractivity (Wildman–Crippen MR) is 68.0 cm³/mol. The van der Waals surface area contributed by atoms with Crippen molar-refractivity contribution in [2.24, 2.45) is 7.05 Å². The summed E-state index contributed by atoms with van der Waals surface area (Å²) in [6.45, 7) is 4.16. The van der Waals surface area contributed by atoms with Crippen LogP contribution in [0.15, 0.2) is 18.5 Å². The fourth-order valence-corrected chi connectivity index (χ4v) is 2.22. The standard InChI is InChI=1S/C13H19N3O2/c1-11(17)15-5-7-16(8-6-15)13(18)9-12-3-4-14(2)10-12/h3-4,10H,5-9H2,1-2H3. The predicted octanol–water partition coefficient (Wildman–Crippen LogP) is 0.258. The van der Waals surface area contributed by atoms with Crippen molar-refractivity contribution in [2.75, 3.05) is 26.2 Å². The molecule has 0 radical (unpaired) electrons. The van der Waals surface area contributed by atoms with E-state index in [-0.39, 0.29) is 11.8 Å². The van der Waals surface area contributed by atoms with E-state index in [2.05, 4.69) is 0 Å². The van der Waals surface area contributed by atoms with E-state index in [1.807, 2.05) is 35.0 Å². The van der Waals surface area contributed by atoms with E-state index in [1.54, 1.807) is 11.8 Å². The lowest BCUT2D eigenvalue weighted by molar-refractivity contribution is -0.138. The third kappa shape index (κ3) is 2.91. The Bertz CT molecular complexity index is 445. The summed E-state index contributed by atoms with van der Waals surface area (Å²) in [4.78, 5) is 26.9. The summed E-state index contributed by atoms with van der Waals surface area (Å²) < 4.78 is 1.94. The first-order valence-electron chi connectivity index (χ1n) is 6.20. The molecule has 0 bridgehead atoms. The van der Waals surface area contributed by atoms with Crippen molar-refractivity contribution >= 4 is 11.8 Å². The summed E-state index contributed by atoms with van der Waals surface area (Å²) >= 11 is 0. The molecule has 5 heteroatoms. The van der Waals surface area contributed by atoms with E-state index >= 15 is 0 Å². The third-order valence-corrected chi connectivity index (χ3v) is 3.33. The Morgan fingerprint density at radius 1 is 1.17 bits per heavy atom. The highest BCUT2D eigenvalue weighted by atomic mass is 16.2. The van der Waals surface area contributed by atoms with Gasteiger partial charge in [-0.15, -0.1) is 0 Å². The molecule has 0 saturated carbocycles. The molecule has 0 N–H and O–H groups in total. The minimum Gasteiger partial charge on any atom is -0.357 e. The second-order valence-electron chi connectivity index (χ2n) is 4.75. The zero-order valence-electron chi connectivity index (χ0n) is 10.9. The van der Waals surface area contributed by atoms with Gasteiger partial charge in [0.05, 0.1) is 6.42 Å². The Morgan fingerprint density at radius 2 is 1.78 bits per heavy atom. The normalized spacial score (nSPS) is 15.9. The maximum absolute atomic E-state index is 12.1. The number of nitrogens with zero attached hydrogens (tertiary/aromatic N) is 3. The number of hydrogen-bond acceptors (Lipinski definition) is 2. The molecule has 5 nitrogen and oxygen atoms in total. The molecule has 2 heterocycles. The van der Waals surface area contributed by atoms with Gasteiger partial charge in [-0.05, 0) is 11.6 Å². The minimum atomic E-state index is 0.0881. The van der Waals surface area contributed by atoms with Crippen LogP contribution in [0, 0.1) is 0 Å². The Morgan fingerprint density at radius 3 is 2.28 bits per heavy atom. The molecule has 1 aromatic heterocycles. The monoisotopic (exact) mass is 249 g/mol. The smallest absolute Gasteiger partial charge is 0.227 e. The van der Waals surface area contributed by atoms with E-state index in [9.17, 15) is 9.59 Å². The van der Waals surface area contributed by atoms with Crippen LogP contribution in [0.5, 0.6) is 0 Å².